The number of benzene rings is 1. The third kappa shape index (κ3) is 2.53. The van der Waals surface area contributed by atoms with Crippen molar-refractivity contribution in [2.24, 2.45) is 10.2 Å². The number of rotatable bonds is 2. The normalized spacial score (nSPS) is 11.7. The van der Waals surface area contributed by atoms with Crippen LogP contribution in [0.15, 0.2) is 50.4 Å². The van der Waals surface area contributed by atoms with E-state index in [9.17, 15) is 0 Å². The Bertz CT molecular complexity index is 679. The summed E-state index contributed by atoms with van der Waals surface area (Å²) in [6.45, 7) is 2.06. The largest absolute Gasteiger partial charge is 0.150 e. The molecule has 0 saturated heterocycles. The molecule has 0 saturated carbocycles. The lowest BCUT2D eigenvalue weighted by atomic mass is 10.2. The summed E-state index contributed by atoms with van der Waals surface area (Å²) in [6, 6.07) is 12.2. The van der Waals surface area contributed by atoms with E-state index in [1.165, 1.54) is 15.0 Å². The molecule has 0 bridgehead atoms. The van der Waals surface area contributed by atoms with Crippen LogP contribution < -0.4 is 0 Å². The van der Waals surface area contributed by atoms with Gasteiger partial charge in [0, 0.05) is 9.40 Å². The van der Waals surface area contributed by atoms with Crippen molar-refractivity contribution in [3.63, 3.8) is 0 Å². The standard InChI is InChI=1S/C13H9BrN2S2/c1-8-2-4-9(5-3-8)15-16-13-7-11-10(18-13)6-12(14)17-11/h2-7H,1H3. The first-order valence-corrected chi connectivity index (χ1v) is 7.80. The molecule has 5 heteroatoms. The van der Waals surface area contributed by atoms with E-state index in [4.69, 9.17) is 0 Å². The van der Waals surface area contributed by atoms with Gasteiger partial charge in [0.15, 0.2) is 0 Å². The highest BCUT2D eigenvalue weighted by atomic mass is 79.9. The van der Waals surface area contributed by atoms with Crippen LogP contribution in [0.5, 0.6) is 0 Å². The third-order valence-corrected chi connectivity index (χ3v) is 5.14. The second kappa shape index (κ2) is 4.91. The van der Waals surface area contributed by atoms with E-state index in [0.29, 0.717) is 0 Å². The van der Waals surface area contributed by atoms with Crippen molar-refractivity contribution in [1.29, 1.82) is 0 Å². The van der Waals surface area contributed by atoms with Crippen LogP contribution in [0.1, 0.15) is 5.56 Å². The molecule has 1 aromatic carbocycles. The number of hydrogen-bond acceptors (Lipinski definition) is 4. The molecule has 2 heterocycles. The number of hydrogen-bond donors (Lipinski definition) is 0. The number of halogens is 1. The molecular formula is C13H9BrN2S2. The van der Waals surface area contributed by atoms with Gasteiger partial charge in [-0.15, -0.1) is 32.9 Å². The van der Waals surface area contributed by atoms with E-state index in [1.54, 1.807) is 22.7 Å². The summed E-state index contributed by atoms with van der Waals surface area (Å²) in [5.41, 5.74) is 2.12. The molecule has 0 fully saturated rings. The van der Waals surface area contributed by atoms with Crippen LogP contribution in [-0.4, -0.2) is 0 Å². The maximum Gasteiger partial charge on any atom is 0.140 e. The molecule has 0 spiro atoms. The maximum atomic E-state index is 4.28. The molecule has 0 aliphatic carbocycles. The van der Waals surface area contributed by atoms with Gasteiger partial charge in [0.2, 0.25) is 0 Å². The predicted octanol–water partition coefficient (Wildman–Crippen LogP) is 6.45. The monoisotopic (exact) mass is 336 g/mol. The summed E-state index contributed by atoms with van der Waals surface area (Å²) in [5.74, 6) is 0. The lowest BCUT2D eigenvalue weighted by Crippen LogP contribution is -1.67. The first kappa shape index (κ1) is 12.0. The van der Waals surface area contributed by atoms with Gasteiger partial charge in [-0.2, -0.15) is 0 Å². The summed E-state index contributed by atoms with van der Waals surface area (Å²) in [5, 5.41) is 9.47. The van der Waals surface area contributed by atoms with Crippen LogP contribution in [0.3, 0.4) is 0 Å². The SMILES string of the molecule is Cc1ccc(N=Nc2cc3sc(Br)cc3s2)cc1. The van der Waals surface area contributed by atoms with Gasteiger partial charge in [-0.1, -0.05) is 17.7 Å². The fourth-order valence-electron chi connectivity index (χ4n) is 1.56. The lowest BCUT2D eigenvalue weighted by molar-refractivity contribution is 1.25. The zero-order chi connectivity index (χ0) is 12.5. The van der Waals surface area contributed by atoms with E-state index in [0.717, 1.165) is 14.5 Å². The van der Waals surface area contributed by atoms with Gasteiger partial charge in [0.05, 0.1) is 9.47 Å². The Kier molecular flexibility index (Phi) is 3.28. The number of fused-ring (bicyclic) bond motifs is 1. The van der Waals surface area contributed by atoms with Gasteiger partial charge in [0.25, 0.3) is 0 Å². The number of nitrogens with zero attached hydrogens (tertiary/aromatic N) is 2. The van der Waals surface area contributed by atoms with Crippen LogP contribution in [0.25, 0.3) is 9.40 Å². The summed E-state index contributed by atoms with van der Waals surface area (Å²) in [6.07, 6.45) is 0. The first-order chi connectivity index (χ1) is 8.70. The third-order valence-electron chi connectivity index (χ3n) is 2.46. The Morgan fingerprint density at radius 1 is 0.944 bits per heavy atom. The van der Waals surface area contributed by atoms with Crippen molar-refractivity contribution in [1.82, 2.24) is 0 Å². The van der Waals surface area contributed by atoms with Gasteiger partial charge < -0.3 is 0 Å². The Balaban J connectivity index is 1.86. The Labute approximate surface area is 121 Å². The molecule has 2 aromatic heterocycles. The van der Waals surface area contributed by atoms with E-state index in [-0.39, 0.29) is 0 Å². The zero-order valence-corrected chi connectivity index (χ0v) is 12.8. The van der Waals surface area contributed by atoms with Crippen LogP contribution in [0, 0.1) is 6.92 Å². The Morgan fingerprint density at radius 3 is 2.39 bits per heavy atom. The van der Waals surface area contributed by atoms with Crippen molar-refractivity contribution >= 4 is 58.7 Å². The molecule has 0 aliphatic rings. The van der Waals surface area contributed by atoms with Crippen molar-refractivity contribution < 1.29 is 0 Å². The summed E-state index contributed by atoms with van der Waals surface area (Å²) in [4.78, 5) is 0. The van der Waals surface area contributed by atoms with Crippen molar-refractivity contribution in [2.45, 2.75) is 6.92 Å². The van der Waals surface area contributed by atoms with E-state index >= 15 is 0 Å². The fourth-order valence-corrected chi connectivity index (χ4v) is 4.40. The first-order valence-electron chi connectivity index (χ1n) is 5.38. The molecule has 0 aliphatic heterocycles. The van der Waals surface area contributed by atoms with Crippen LogP contribution in [0.2, 0.25) is 0 Å². The van der Waals surface area contributed by atoms with Crippen molar-refractivity contribution in [3.05, 3.63) is 45.7 Å². The molecule has 0 unspecified atom stereocenters. The lowest BCUT2D eigenvalue weighted by Gasteiger charge is -1.92. The second-order valence-corrected chi connectivity index (χ2v) is 7.42. The summed E-state index contributed by atoms with van der Waals surface area (Å²) in [7, 11) is 0. The predicted molar refractivity (Wildman–Crippen MR) is 82.8 cm³/mol. The highest BCUT2D eigenvalue weighted by Crippen LogP contribution is 2.39. The van der Waals surface area contributed by atoms with Gasteiger partial charge in [-0.3, -0.25) is 0 Å². The Morgan fingerprint density at radius 2 is 1.67 bits per heavy atom. The molecule has 0 atom stereocenters. The minimum Gasteiger partial charge on any atom is -0.150 e. The molecule has 0 amide bonds. The van der Waals surface area contributed by atoms with Crippen molar-refractivity contribution in [3.8, 4) is 0 Å². The van der Waals surface area contributed by atoms with Gasteiger partial charge in [-0.25, -0.2) is 0 Å². The molecule has 3 aromatic rings. The molecule has 18 heavy (non-hydrogen) atoms. The van der Waals surface area contributed by atoms with Crippen LogP contribution in [0.4, 0.5) is 10.7 Å². The summed E-state index contributed by atoms with van der Waals surface area (Å²) >= 11 is 6.86. The topological polar surface area (TPSA) is 24.7 Å². The number of thiophene rings is 2. The second-order valence-electron chi connectivity index (χ2n) is 3.90. The van der Waals surface area contributed by atoms with Crippen LogP contribution >= 0.6 is 38.6 Å². The molecular weight excluding hydrogens is 328 g/mol. The van der Waals surface area contributed by atoms with Gasteiger partial charge in [-0.05, 0) is 47.1 Å². The average molecular weight is 337 g/mol. The fraction of sp³-hybridized carbons (Fsp3) is 0.0769. The zero-order valence-electron chi connectivity index (χ0n) is 9.55. The average Bonchev–Trinajstić information content (AvgIpc) is 2.85. The van der Waals surface area contributed by atoms with Crippen LogP contribution in [-0.2, 0) is 0 Å². The van der Waals surface area contributed by atoms with Gasteiger partial charge >= 0.3 is 0 Å². The molecule has 90 valence electrons. The molecule has 0 N–H and O–H groups in total. The Hall–Kier alpha value is -1.04. The minimum absolute atomic E-state index is 0.888. The highest BCUT2D eigenvalue weighted by Gasteiger charge is 2.04. The van der Waals surface area contributed by atoms with E-state index < -0.39 is 0 Å². The van der Waals surface area contributed by atoms with Crippen molar-refractivity contribution in [2.75, 3.05) is 0 Å². The van der Waals surface area contributed by atoms with Gasteiger partial charge in [0.1, 0.15) is 5.00 Å². The number of aryl methyl sites for hydroxylation is 1. The molecule has 0 radical (unpaired) electrons. The molecule has 2 nitrogen and oxygen atoms in total. The summed E-state index contributed by atoms with van der Waals surface area (Å²) < 4.78 is 3.67. The van der Waals surface area contributed by atoms with E-state index in [1.807, 2.05) is 24.3 Å². The highest BCUT2D eigenvalue weighted by molar-refractivity contribution is 9.11. The maximum absolute atomic E-state index is 4.28. The smallest absolute Gasteiger partial charge is 0.140 e. The molecule has 3 rings (SSSR count). The van der Waals surface area contributed by atoms with E-state index in [2.05, 4.69) is 45.2 Å². The quantitative estimate of drug-likeness (QED) is 0.480. The minimum atomic E-state index is 0.888. The number of azo groups is 1.